The molecule has 0 unspecified atom stereocenters. The van der Waals surface area contributed by atoms with Crippen molar-refractivity contribution in [1.82, 2.24) is 5.32 Å². The van der Waals surface area contributed by atoms with Crippen molar-refractivity contribution in [2.24, 2.45) is 0 Å². The van der Waals surface area contributed by atoms with Gasteiger partial charge in [0.25, 0.3) is 0 Å². The maximum Gasteiger partial charge on any atom is 0.123 e. The number of thioether (sulfide) groups is 1. The van der Waals surface area contributed by atoms with Gasteiger partial charge in [0, 0.05) is 22.9 Å². The van der Waals surface area contributed by atoms with Crippen molar-refractivity contribution in [1.29, 1.82) is 0 Å². The third kappa shape index (κ3) is 2.90. The van der Waals surface area contributed by atoms with E-state index in [1.165, 1.54) is 25.0 Å². The van der Waals surface area contributed by atoms with Crippen molar-refractivity contribution in [2.45, 2.75) is 24.1 Å². The molecule has 0 atom stereocenters. The van der Waals surface area contributed by atoms with Gasteiger partial charge in [-0.25, -0.2) is 4.39 Å². The first kappa shape index (κ1) is 12.2. The van der Waals surface area contributed by atoms with Gasteiger partial charge in [0.15, 0.2) is 0 Å². The maximum atomic E-state index is 13.0. The lowest BCUT2D eigenvalue weighted by molar-refractivity contribution is 0.618. The molecule has 0 saturated heterocycles. The van der Waals surface area contributed by atoms with Gasteiger partial charge in [-0.05, 0) is 42.9 Å². The summed E-state index contributed by atoms with van der Waals surface area (Å²) in [7, 11) is 0. The predicted octanol–water partition coefficient (Wildman–Crippen LogP) is 3.46. The molecule has 0 aliphatic heterocycles. The Morgan fingerprint density at radius 3 is 2.88 bits per heavy atom. The molecule has 0 bridgehead atoms. The van der Waals surface area contributed by atoms with Crippen LogP contribution in [0.25, 0.3) is 0 Å². The Labute approximate surface area is 105 Å². The standard InChI is InChI=1S/C12H15ClFNS/c1-16-12(4-5-12)8-15-7-9-6-10(14)2-3-11(9)13/h2-3,6,15H,4-5,7-8H2,1H3. The molecule has 1 aromatic rings. The number of rotatable bonds is 5. The summed E-state index contributed by atoms with van der Waals surface area (Å²) in [5.74, 6) is -0.229. The first-order valence-corrected chi connectivity index (χ1v) is 6.95. The Balaban J connectivity index is 1.87. The summed E-state index contributed by atoms with van der Waals surface area (Å²) in [5.41, 5.74) is 0.832. The summed E-state index contributed by atoms with van der Waals surface area (Å²) in [6.07, 6.45) is 4.69. The van der Waals surface area contributed by atoms with Gasteiger partial charge in [0.05, 0.1) is 0 Å². The Kier molecular flexibility index (Phi) is 3.77. The average Bonchev–Trinajstić information content (AvgIpc) is 3.04. The third-order valence-corrected chi connectivity index (χ3v) is 4.80. The molecule has 2 rings (SSSR count). The van der Waals surface area contributed by atoms with E-state index in [4.69, 9.17) is 11.6 Å². The molecule has 1 fully saturated rings. The molecule has 0 radical (unpaired) electrons. The van der Waals surface area contributed by atoms with E-state index >= 15 is 0 Å². The van der Waals surface area contributed by atoms with Crippen molar-refractivity contribution in [3.05, 3.63) is 34.6 Å². The van der Waals surface area contributed by atoms with Crippen LogP contribution in [0.15, 0.2) is 18.2 Å². The molecule has 16 heavy (non-hydrogen) atoms. The van der Waals surface area contributed by atoms with E-state index in [0.717, 1.165) is 12.1 Å². The Hall–Kier alpha value is -0.250. The SMILES string of the molecule is CSC1(CNCc2cc(F)ccc2Cl)CC1. The zero-order chi connectivity index (χ0) is 11.6. The molecule has 0 spiro atoms. The van der Waals surface area contributed by atoms with E-state index < -0.39 is 0 Å². The number of hydrogen-bond donors (Lipinski definition) is 1. The van der Waals surface area contributed by atoms with E-state index in [1.54, 1.807) is 6.07 Å². The van der Waals surface area contributed by atoms with Gasteiger partial charge in [-0.1, -0.05) is 11.6 Å². The molecule has 1 aliphatic carbocycles. The molecule has 0 amide bonds. The average molecular weight is 260 g/mol. The van der Waals surface area contributed by atoms with E-state index in [1.807, 2.05) is 11.8 Å². The van der Waals surface area contributed by atoms with Crippen LogP contribution in [0.1, 0.15) is 18.4 Å². The molecule has 1 nitrogen and oxygen atoms in total. The summed E-state index contributed by atoms with van der Waals surface area (Å²) >= 11 is 7.89. The summed E-state index contributed by atoms with van der Waals surface area (Å²) < 4.78 is 13.4. The van der Waals surface area contributed by atoms with Crippen LogP contribution in [0, 0.1) is 5.82 Å². The van der Waals surface area contributed by atoms with E-state index in [-0.39, 0.29) is 5.82 Å². The molecule has 4 heteroatoms. The fraction of sp³-hybridized carbons (Fsp3) is 0.500. The minimum atomic E-state index is -0.229. The zero-order valence-corrected chi connectivity index (χ0v) is 10.8. The number of halogens is 2. The van der Waals surface area contributed by atoms with Crippen molar-refractivity contribution in [3.8, 4) is 0 Å². The molecule has 1 aliphatic rings. The quantitative estimate of drug-likeness (QED) is 0.869. The second-order valence-corrected chi connectivity index (χ2v) is 5.91. The molecular formula is C12H15ClFNS. The van der Waals surface area contributed by atoms with Gasteiger partial charge < -0.3 is 5.32 Å². The fourth-order valence-corrected chi connectivity index (χ4v) is 2.64. The smallest absolute Gasteiger partial charge is 0.123 e. The summed E-state index contributed by atoms with van der Waals surface area (Å²) in [4.78, 5) is 0. The van der Waals surface area contributed by atoms with Crippen LogP contribution in [-0.4, -0.2) is 17.5 Å². The van der Waals surface area contributed by atoms with Gasteiger partial charge in [0.2, 0.25) is 0 Å². The predicted molar refractivity (Wildman–Crippen MR) is 68.6 cm³/mol. The Morgan fingerprint density at radius 1 is 1.50 bits per heavy atom. The summed E-state index contributed by atoms with van der Waals surface area (Å²) in [6.45, 7) is 1.61. The van der Waals surface area contributed by atoms with Crippen molar-refractivity contribution < 1.29 is 4.39 Å². The van der Waals surface area contributed by atoms with Crippen LogP contribution >= 0.6 is 23.4 Å². The van der Waals surface area contributed by atoms with Crippen LogP contribution in [0.2, 0.25) is 5.02 Å². The second kappa shape index (κ2) is 4.94. The maximum absolute atomic E-state index is 13.0. The number of benzene rings is 1. The normalized spacial score (nSPS) is 17.4. The number of nitrogens with one attached hydrogen (secondary N) is 1. The third-order valence-electron chi connectivity index (χ3n) is 3.01. The Morgan fingerprint density at radius 2 is 2.25 bits per heavy atom. The van der Waals surface area contributed by atoms with Crippen LogP contribution in [-0.2, 0) is 6.54 Å². The van der Waals surface area contributed by atoms with Gasteiger partial charge in [0.1, 0.15) is 5.82 Å². The van der Waals surface area contributed by atoms with Crippen LogP contribution in [0.5, 0.6) is 0 Å². The molecule has 0 heterocycles. The molecule has 88 valence electrons. The molecule has 0 aromatic heterocycles. The van der Waals surface area contributed by atoms with Gasteiger partial charge >= 0.3 is 0 Å². The molecular weight excluding hydrogens is 245 g/mol. The number of hydrogen-bond acceptors (Lipinski definition) is 2. The molecule has 1 aromatic carbocycles. The van der Waals surface area contributed by atoms with Crippen LogP contribution in [0.4, 0.5) is 4.39 Å². The highest BCUT2D eigenvalue weighted by molar-refractivity contribution is 8.00. The van der Waals surface area contributed by atoms with E-state index in [9.17, 15) is 4.39 Å². The van der Waals surface area contributed by atoms with Gasteiger partial charge in [-0.15, -0.1) is 0 Å². The van der Waals surface area contributed by atoms with Gasteiger partial charge in [-0.2, -0.15) is 11.8 Å². The highest BCUT2D eigenvalue weighted by atomic mass is 35.5. The first-order valence-electron chi connectivity index (χ1n) is 5.35. The van der Waals surface area contributed by atoms with Crippen molar-refractivity contribution >= 4 is 23.4 Å². The molecule has 1 saturated carbocycles. The van der Waals surface area contributed by atoms with Gasteiger partial charge in [-0.3, -0.25) is 0 Å². The minimum absolute atomic E-state index is 0.229. The van der Waals surface area contributed by atoms with E-state index in [0.29, 0.717) is 16.3 Å². The van der Waals surface area contributed by atoms with Crippen molar-refractivity contribution in [3.63, 3.8) is 0 Å². The van der Waals surface area contributed by atoms with Crippen LogP contribution in [0.3, 0.4) is 0 Å². The highest BCUT2D eigenvalue weighted by Crippen LogP contribution is 2.46. The van der Waals surface area contributed by atoms with Crippen molar-refractivity contribution in [2.75, 3.05) is 12.8 Å². The Bertz CT molecular complexity index is 379. The lowest BCUT2D eigenvalue weighted by atomic mass is 10.2. The fourth-order valence-electron chi connectivity index (χ4n) is 1.70. The summed E-state index contributed by atoms with van der Waals surface area (Å²) in [6, 6.07) is 4.49. The lowest BCUT2D eigenvalue weighted by Crippen LogP contribution is -2.25. The largest absolute Gasteiger partial charge is 0.311 e. The van der Waals surface area contributed by atoms with E-state index in [2.05, 4.69) is 11.6 Å². The topological polar surface area (TPSA) is 12.0 Å². The monoisotopic (exact) mass is 259 g/mol. The lowest BCUT2D eigenvalue weighted by Gasteiger charge is -2.13. The van der Waals surface area contributed by atoms with Crippen LogP contribution < -0.4 is 5.32 Å². The summed E-state index contributed by atoms with van der Waals surface area (Å²) in [5, 5.41) is 3.98. The highest BCUT2D eigenvalue weighted by Gasteiger charge is 2.41. The molecule has 1 N–H and O–H groups in total. The minimum Gasteiger partial charge on any atom is -0.311 e. The zero-order valence-electron chi connectivity index (χ0n) is 9.22. The first-order chi connectivity index (χ1) is 7.65. The second-order valence-electron chi connectivity index (χ2n) is 4.23.